The smallest absolute Gasteiger partial charge is 0.143 e. The van der Waals surface area contributed by atoms with Gasteiger partial charge in [0.25, 0.3) is 0 Å². The SMILES string of the molecule is N#Cc1cccnc1NCC1CCOCC1. The van der Waals surface area contributed by atoms with Crippen molar-refractivity contribution in [2.24, 2.45) is 5.92 Å². The third kappa shape index (κ3) is 2.71. The largest absolute Gasteiger partial charge is 0.381 e. The molecule has 1 N–H and O–H groups in total. The molecule has 1 aromatic rings. The van der Waals surface area contributed by atoms with Crippen LogP contribution in [-0.2, 0) is 4.74 Å². The van der Waals surface area contributed by atoms with Gasteiger partial charge in [0.1, 0.15) is 11.9 Å². The van der Waals surface area contributed by atoms with Crippen LogP contribution in [0.5, 0.6) is 0 Å². The number of nitriles is 1. The zero-order valence-electron chi connectivity index (χ0n) is 9.15. The maximum atomic E-state index is 8.91. The molecule has 2 rings (SSSR count). The molecule has 2 heterocycles. The van der Waals surface area contributed by atoms with E-state index in [1.54, 1.807) is 18.3 Å². The average molecular weight is 217 g/mol. The van der Waals surface area contributed by atoms with Crippen LogP contribution in [-0.4, -0.2) is 24.7 Å². The van der Waals surface area contributed by atoms with Crippen LogP contribution in [0.4, 0.5) is 5.82 Å². The van der Waals surface area contributed by atoms with E-state index in [1.165, 1.54) is 0 Å². The second-order valence-electron chi connectivity index (χ2n) is 3.95. The summed E-state index contributed by atoms with van der Waals surface area (Å²) in [6.07, 6.45) is 3.87. The van der Waals surface area contributed by atoms with Crippen LogP contribution in [0.3, 0.4) is 0 Å². The Morgan fingerprint density at radius 2 is 2.31 bits per heavy atom. The van der Waals surface area contributed by atoms with E-state index >= 15 is 0 Å². The van der Waals surface area contributed by atoms with Crippen LogP contribution in [0, 0.1) is 17.2 Å². The molecule has 4 nitrogen and oxygen atoms in total. The molecule has 4 heteroatoms. The van der Waals surface area contributed by atoms with E-state index < -0.39 is 0 Å². The Balaban J connectivity index is 1.91. The van der Waals surface area contributed by atoms with E-state index in [9.17, 15) is 0 Å². The molecule has 1 aromatic heterocycles. The molecule has 84 valence electrons. The Morgan fingerprint density at radius 1 is 1.50 bits per heavy atom. The van der Waals surface area contributed by atoms with Gasteiger partial charge in [-0.3, -0.25) is 0 Å². The Labute approximate surface area is 95.3 Å². The number of ether oxygens (including phenoxy) is 1. The van der Waals surface area contributed by atoms with Crippen LogP contribution < -0.4 is 5.32 Å². The summed E-state index contributed by atoms with van der Waals surface area (Å²) in [5, 5.41) is 12.2. The second-order valence-corrected chi connectivity index (χ2v) is 3.95. The lowest BCUT2D eigenvalue weighted by Gasteiger charge is -2.22. The molecule has 0 amide bonds. The van der Waals surface area contributed by atoms with Crippen molar-refractivity contribution >= 4 is 5.82 Å². The monoisotopic (exact) mass is 217 g/mol. The summed E-state index contributed by atoms with van der Waals surface area (Å²) in [4.78, 5) is 4.17. The highest BCUT2D eigenvalue weighted by Gasteiger charge is 2.14. The molecule has 1 aliphatic heterocycles. The first-order valence-electron chi connectivity index (χ1n) is 5.57. The average Bonchev–Trinajstić information content (AvgIpc) is 2.38. The van der Waals surface area contributed by atoms with Crippen molar-refractivity contribution in [2.45, 2.75) is 12.8 Å². The minimum absolute atomic E-state index is 0.606. The highest BCUT2D eigenvalue weighted by Crippen LogP contribution is 2.16. The molecule has 1 saturated heterocycles. The van der Waals surface area contributed by atoms with Crippen molar-refractivity contribution in [2.75, 3.05) is 25.1 Å². The molecular formula is C12H15N3O. The summed E-state index contributed by atoms with van der Waals surface area (Å²) in [5.74, 6) is 1.32. The minimum Gasteiger partial charge on any atom is -0.381 e. The van der Waals surface area contributed by atoms with Gasteiger partial charge >= 0.3 is 0 Å². The van der Waals surface area contributed by atoms with Gasteiger partial charge in [0.05, 0.1) is 5.56 Å². The molecule has 0 aromatic carbocycles. The Kier molecular flexibility index (Phi) is 3.73. The predicted octanol–water partition coefficient (Wildman–Crippen LogP) is 1.79. The molecule has 1 fully saturated rings. The maximum absolute atomic E-state index is 8.91. The van der Waals surface area contributed by atoms with Crippen molar-refractivity contribution in [1.82, 2.24) is 4.98 Å². The fraction of sp³-hybridized carbons (Fsp3) is 0.500. The third-order valence-corrected chi connectivity index (χ3v) is 2.83. The van der Waals surface area contributed by atoms with Crippen LogP contribution in [0.15, 0.2) is 18.3 Å². The van der Waals surface area contributed by atoms with E-state index in [0.717, 1.165) is 32.6 Å². The van der Waals surface area contributed by atoms with E-state index in [0.29, 0.717) is 17.3 Å². The molecule has 0 atom stereocenters. The van der Waals surface area contributed by atoms with Gasteiger partial charge in [0.15, 0.2) is 0 Å². The molecule has 0 saturated carbocycles. The molecule has 0 aliphatic carbocycles. The van der Waals surface area contributed by atoms with Gasteiger partial charge in [0, 0.05) is 26.0 Å². The van der Waals surface area contributed by atoms with Gasteiger partial charge in [-0.25, -0.2) is 4.98 Å². The first-order chi connectivity index (χ1) is 7.90. The number of hydrogen-bond acceptors (Lipinski definition) is 4. The van der Waals surface area contributed by atoms with Crippen molar-refractivity contribution in [1.29, 1.82) is 5.26 Å². The lowest BCUT2D eigenvalue weighted by molar-refractivity contribution is 0.0699. The molecule has 0 radical (unpaired) electrons. The quantitative estimate of drug-likeness (QED) is 0.838. The fourth-order valence-electron chi connectivity index (χ4n) is 1.83. The lowest BCUT2D eigenvalue weighted by atomic mass is 10.0. The van der Waals surface area contributed by atoms with Gasteiger partial charge in [0.2, 0.25) is 0 Å². The highest BCUT2D eigenvalue weighted by atomic mass is 16.5. The normalized spacial score (nSPS) is 16.7. The van der Waals surface area contributed by atoms with E-state index in [1.807, 2.05) is 0 Å². The summed E-state index contributed by atoms with van der Waals surface area (Å²) >= 11 is 0. The maximum Gasteiger partial charge on any atom is 0.143 e. The summed E-state index contributed by atoms with van der Waals surface area (Å²) < 4.78 is 5.30. The second kappa shape index (κ2) is 5.47. The number of aromatic nitrogens is 1. The Hall–Kier alpha value is -1.60. The minimum atomic E-state index is 0.606. The van der Waals surface area contributed by atoms with Crippen molar-refractivity contribution in [3.63, 3.8) is 0 Å². The number of anilines is 1. The highest BCUT2D eigenvalue weighted by molar-refractivity contribution is 5.51. The summed E-state index contributed by atoms with van der Waals surface area (Å²) in [7, 11) is 0. The van der Waals surface area contributed by atoms with E-state index in [2.05, 4.69) is 16.4 Å². The van der Waals surface area contributed by atoms with Gasteiger partial charge in [-0.1, -0.05) is 0 Å². The van der Waals surface area contributed by atoms with Crippen LogP contribution in [0.1, 0.15) is 18.4 Å². The molecule has 16 heavy (non-hydrogen) atoms. The molecular weight excluding hydrogens is 202 g/mol. The molecule has 1 aliphatic rings. The summed E-state index contributed by atoms with van der Waals surface area (Å²) in [6, 6.07) is 5.69. The van der Waals surface area contributed by atoms with Crippen molar-refractivity contribution in [3.8, 4) is 6.07 Å². The zero-order chi connectivity index (χ0) is 11.2. The van der Waals surface area contributed by atoms with Gasteiger partial charge in [-0.2, -0.15) is 5.26 Å². The Morgan fingerprint density at radius 3 is 3.06 bits per heavy atom. The summed E-state index contributed by atoms with van der Waals surface area (Å²) in [6.45, 7) is 2.56. The van der Waals surface area contributed by atoms with E-state index in [-0.39, 0.29) is 0 Å². The fourth-order valence-corrected chi connectivity index (χ4v) is 1.83. The zero-order valence-corrected chi connectivity index (χ0v) is 9.15. The topological polar surface area (TPSA) is 57.9 Å². The van der Waals surface area contributed by atoms with Crippen LogP contribution in [0.25, 0.3) is 0 Å². The first kappa shape index (κ1) is 10.9. The number of hydrogen-bond donors (Lipinski definition) is 1. The summed E-state index contributed by atoms with van der Waals surface area (Å²) in [5.41, 5.74) is 0.606. The van der Waals surface area contributed by atoms with E-state index in [4.69, 9.17) is 10.00 Å². The number of nitrogens with zero attached hydrogens (tertiary/aromatic N) is 2. The van der Waals surface area contributed by atoms with Crippen LogP contribution in [0.2, 0.25) is 0 Å². The number of nitrogens with one attached hydrogen (secondary N) is 1. The predicted molar refractivity (Wildman–Crippen MR) is 61.0 cm³/mol. The first-order valence-corrected chi connectivity index (χ1v) is 5.57. The van der Waals surface area contributed by atoms with Crippen molar-refractivity contribution < 1.29 is 4.74 Å². The number of pyridine rings is 1. The third-order valence-electron chi connectivity index (χ3n) is 2.83. The van der Waals surface area contributed by atoms with Crippen molar-refractivity contribution in [3.05, 3.63) is 23.9 Å². The molecule has 0 unspecified atom stereocenters. The number of rotatable bonds is 3. The molecule has 0 spiro atoms. The van der Waals surface area contributed by atoms with Gasteiger partial charge in [-0.15, -0.1) is 0 Å². The Bertz CT molecular complexity index is 380. The van der Waals surface area contributed by atoms with Crippen LogP contribution >= 0.6 is 0 Å². The lowest BCUT2D eigenvalue weighted by Crippen LogP contribution is -2.23. The van der Waals surface area contributed by atoms with Gasteiger partial charge in [-0.05, 0) is 30.9 Å². The standard InChI is InChI=1S/C12H15N3O/c13-8-11-2-1-5-14-12(11)15-9-10-3-6-16-7-4-10/h1-2,5,10H,3-4,6-7,9H2,(H,14,15). The molecule has 0 bridgehead atoms. The van der Waals surface area contributed by atoms with Gasteiger partial charge < -0.3 is 10.1 Å².